The minimum Gasteiger partial charge on any atom is -0.396 e. The molecule has 138 valence electrons. The number of amides is 2. The number of piperidine rings is 2. The van der Waals surface area contributed by atoms with Crippen LogP contribution in [0.3, 0.4) is 0 Å². The fraction of sp³-hybridized carbons (Fsp3) is 0.722. The lowest BCUT2D eigenvalue weighted by atomic mass is 9.83. The van der Waals surface area contributed by atoms with Crippen LogP contribution in [0.4, 0.5) is 0 Å². The Hall–Kier alpha value is -1.89. The molecule has 3 heterocycles. The predicted octanol–water partition coefficient (Wildman–Crippen LogP) is 0.954. The molecule has 0 spiro atoms. The number of aromatic nitrogens is 2. The second kappa shape index (κ2) is 8.47. The summed E-state index contributed by atoms with van der Waals surface area (Å²) in [7, 11) is 0. The summed E-state index contributed by atoms with van der Waals surface area (Å²) in [5.74, 6) is 0.804. The number of rotatable bonds is 7. The zero-order valence-corrected chi connectivity index (χ0v) is 14.7. The number of carbonyl (C=O) groups excluding carboxylic acids is 2. The number of nitrogens with zero attached hydrogens (tertiary/aromatic N) is 3. The van der Waals surface area contributed by atoms with Crippen LogP contribution < -0.4 is 0 Å². The van der Waals surface area contributed by atoms with Crippen molar-refractivity contribution < 1.29 is 14.7 Å². The zero-order valence-electron chi connectivity index (χ0n) is 14.7. The summed E-state index contributed by atoms with van der Waals surface area (Å²) in [5.41, 5.74) is 1.14. The van der Waals surface area contributed by atoms with Crippen LogP contribution in [0.15, 0.2) is 12.4 Å². The Morgan fingerprint density at radius 2 is 2.24 bits per heavy atom. The van der Waals surface area contributed by atoms with Crippen LogP contribution >= 0.6 is 0 Å². The molecule has 0 radical (unpaired) electrons. The van der Waals surface area contributed by atoms with Gasteiger partial charge in [-0.3, -0.25) is 14.7 Å². The van der Waals surface area contributed by atoms with E-state index in [4.69, 9.17) is 5.11 Å². The summed E-state index contributed by atoms with van der Waals surface area (Å²) in [5, 5.41) is 15.8. The Kier molecular flexibility index (Phi) is 6.07. The van der Waals surface area contributed by atoms with E-state index in [2.05, 4.69) is 10.2 Å². The van der Waals surface area contributed by atoms with Crippen molar-refractivity contribution in [3.05, 3.63) is 18.0 Å². The van der Waals surface area contributed by atoms with E-state index in [1.54, 1.807) is 6.20 Å². The molecule has 2 atom stereocenters. The van der Waals surface area contributed by atoms with Crippen molar-refractivity contribution in [2.75, 3.05) is 26.2 Å². The molecule has 7 heteroatoms. The van der Waals surface area contributed by atoms with Crippen LogP contribution in [0.25, 0.3) is 0 Å². The first-order valence-corrected chi connectivity index (χ1v) is 9.35. The largest absolute Gasteiger partial charge is 0.396 e. The van der Waals surface area contributed by atoms with E-state index in [9.17, 15) is 9.59 Å². The summed E-state index contributed by atoms with van der Waals surface area (Å²) < 4.78 is 0. The van der Waals surface area contributed by atoms with Gasteiger partial charge in [-0.1, -0.05) is 0 Å². The Balaban J connectivity index is 1.48. The molecule has 2 aliphatic rings. The van der Waals surface area contributed by atoms with Crippen LogP contribution in [-0.2, 0) is 16.0 Å². The number of fused-ring (bicyclic) bond motifs is 1. The van der Waals surface area contributed by atoms with Gasteiger partial charge < -0.3 is 14.9 Å². The van der Waals surface area contributed by atoms with Crippen molar-refractivity contribution in [1.82, 2.24) is 20.0 Å². The Morgan fingerprint density at radius 1 is 1.36 bits per heavy atom. The van der Waals surface area contributed by atoms with Crippen LogP contribution in [0.1, 0.15) is 44.1 Å². The number of aromatic amines is 1. The normalized spacial score (nSPS) is 23.6. The SMILES string of the molecule is O=C(CCCc1cn[nH]c1)N1CC[C@@H]2[C@@H](CCC(=O)N2CCCO)C1. The Labute approximate surface area is 148 Å². The molecule has 0 aromatic carbocycles. The molecule has 2 saturated heterocycles. The van der Waals surface area contributed by atoms with Crippen LogP contribution in [0.2, 0.25) is 0 Å². The van der Waals surface area contributed by atoms with Crippen molar-refractivity contribution in [3.63, 3.8) is 0 Å². The van der Waals surface area contributed by atoms with E-state index in [-0.39, 0.29) is 24.5 Å². The molecule has 2 aliphatic heterocycles. The summed E-state index contributed by atoms with van der Waals surface area (Å²) in [6, 6.07) is 0.239. The summed E-state index contributed by atoms with van der Waals surface area (Å²) in [4.78, 5) is 28.6. The van der Waals surface area contributed by atoms with Crippen LogP contribution in [0, 0.1) is 5.92 Å². The third-order valence-corrected chi connectivity index (χ3v) is 5.46. The number of hydrogen-bond acceptors (Lipinski definition) is 4. The molecule has 0 unspecified atom stereocenters. The third-order valence-electron chi connectivity index (χ3n) is 5.46. The lowest BCUT2D eigenvalue weighted by Crippen LogP contribution is -2.57. The van der Waals surface area contributed by atoms with Crippen molar-refractivity contribution in [1.29, 1.82) is 0 Å². The van der Waals surface area contributed by atoms with Gasteiger partial charge in [0.1, 0.15) is 0 Å². The molecule has 3 rings (SSSR count). The minimum atomic E-state index is 0.114. The first-order chi connectivity index (χ1) is 12.2. The lowest BCUT2D eigenvalue weighted by Gasteiger charge is -2.47. The molecule has 0 saturated carbocycles. The number of aliphatic hydroxyl groups is 1. The van der Waals surface area contributed by atoms with E-state index in [0.717, 1.165) is 44.3 Å². The van der Waals surface area contributed by atoms with Crippen molar-refractivity contribution >= 4 is 11.8 Å². The van der Waals surface area contributed by atoms with Gasteiger partial charge in [0.2, 0.25) is 11.8 Å². The summed E-state index contributed by atoms with van der Waals surface area (Å²) in [6.07, 6.45) is 8.87. The highest BCUT2D eigenvalue weighted by molar-refractivity contribution is 5.78. The van der Waals surface area contributed by atoms with Gasteiger partial charge in [0.25, 0.3) is 0 Å². The molecule has 0 bridgehead atoms. The van der Waals surface area contributed by atoms with Crippen LogP contribution in [-0.4, -0.2) is 69.2 Å². The molecular weight excluding hydrogens is 320 g/mol. The maximum atomic E-state index is 12.5. The topological polar surface area (TPSA) is 89.5 Å². The van der Waals surface area contributed by atoms with E-state index in [1.807, 2.05) is 16.0 Å². The van der Waals surface area contributed by atoms with Gasteiger partial charge in [0.15, 0.2) is 0 Å². The number of hydrogen-bond donors (Lipinski definition) is 2. The first kappa shape index (κ1) is 17.9. The first-order valence-electron chi connectivity index (χ1n) is 9.35. The fourth-order valence-electron chi connectivity index (χ4n) is 4.13. The van der Waals surface area contributed by atoms with Gasteiger partial charge in [0.05, 0.1) is 6.20 Å². The predicted molar refractivity (Wildman–Crippen MR) is 92.7 cm³/mol. The van der Waals surface area contributed by atoms with Crippen molar-refractivity contribution in [2.45, 2.75) is 51.0 Å². The molecule has 7 nitrogen and oxygen atoms in total. The smallest absolute Gasteiger partial charge is 0.222 e. The van der Waals surface area contributed by atoms with E-state index < -0.39 is 0 Å². The van der Waals surface area contributed by atoms with E-state index >= 15 is 0 Å². The number of H-pyrrole nitrogens is 1. The van der Waals surface area contributed by atoms with E-state index in [0.29, 0.717) is 31.7 Å². The van der Waals surface area contributed by atoms with Gasteiger partial charge in [-0.05, 0) is 43.6 Å². The van der Waals surface area contributed by atoms with Crippen molar-refractivity contribution in [2.24, 2.45) is 5.92 Å². The number of aliphatic hydroxyl groups excluding tert-OH is 1. The molecule has 2 fully saturated rings. The molecular formula is C18H28N4O3. The van der Waals surface area contributed by atoms with Gasteiger partial charge in [-0.25, -0.2) is 0 Å². The standard InChI is InChI=1S/C18H28N4O3/c23-10-2-8-22-16-7-9-21(13-15(16)5-6-18(22)25)17(24)4-1-3-14-11-19-20-12-14/h11-12,15-16,23H,1-10,13H2,(H,19,20)/t15-,16+/m0/s1. The maximum Gasteiger partial charge on any atom is 0.222 e. The monoisotopic (exact) mass is 348 g/mol. The number of carbonyl (C=O) groups is 2. The Bertz CT molecular complexity index is 575. The number of aryl methyl sites for hydroxylation is 1. The van der Waals surface area contributed by atoms with Crippen LogP contribution in [0.5, 0.6) is 0 Å². The molecule has 1 aromatic rings. The van der Waals surface area contributed by atoms with Gasteiger partial charge in [-0.2, -0.15) is 5.10 Å². The second-order valence-electron chi connectivity index (χ2n) is 7.12. The molecule has 2 amide bonds. The zero-order chi connectivity index (χ0) is 17.6. The minimum absolute atomic E-state index is 0.114. The lowest BCUT2D eigenvalue weighted by molar-refractivity contribution is -0.144. The van der Waals surface area contributed by atoms with Gasteiger partial charge in [0, 0.05) is 51.3 Å². The third kappa shape index (κ3) is 4.39. The summed E-state index contributed by atoms with van der Waals surface area (Å²) >= 11 is 0. The average Bonchev–Trinajstić information content (AvgIpc) is 3.14. The van der Waals surface area contributed by atoms with E-state index in [1.165, 1.54) is 0 Å². The quantitative estimate of drug-likeness (QED) is 0.768. The fourth-order valence-corrected chi connectivity index (χ4v) is 4.13. The van der Waals surface area contributed by atoms with Gasteiger partial charge in [-0.15, -0.1) is 0 Å². The van der Waals surface area contributed by atoms with Gasteiger partial charge >= 0.3 is 0 Å². The molecule has 0 aliphatic carbocycles. The highest BCUT2D eigenvalue weighted by Gasteiger charge is 2.39. The molecule has 2 N–H and O–H groups in total. The average molecular weight is 348 g/mol. The highest BCUT2D eigenvalue weighted by atomic mass is 16.3. The van der Waals surface area contributed by atoms with Crippen molar-refractivity contribution in [3.8, 4) is 0 Å². The maximum absolute atomic E-state index is 12.5. The molecule has 1 aromatic heterocycles. The number of nitrogens with one attached hydrogen (secondary N) is 1. The molecule has 25 heavy (non-hydrogen) atoms. The Morgan fingerprint density at radius 3 is 3.00 bits per heavy atom. The number of likely N-dealkylation sites (tertiary alicyclic amines) is 2. The second-order valence-corrected chi connectivity index (χ2v) is 7.12. The summed E-state index contributed by atoms with van der Waals surface area (Å²) in [6.45, 7) is 2.24. The highest BCUT2D eigenvalue weighted by Crippen LogP contribution is 2.31.